The summed E-state index contributed by atoms with van der Waals surface area (Å²) in [6.07, 6.45) is 3.08. The molecule has 4 aromatic rings. The van der Waals surface area contributed by atoms with Gasteiger partial charge in [-0.2, -0.15) is 0 Å². The number of pyridine rings is 1. The van der Waals surface area contributed by atoms with E-state index in [1.807, 2.05) is 17.9 Å². The molecule has 44 heavy (non-hydrogen) atoms. The van der Waals surface area contributed by atoms with Crippen LogP contribution in [0.25, 0.3) is 10.9 Å². The van der Waals surface area contributed by atoms with Gasteiger partial charge < -0.3 is 25.0 Å². The Kier molecular flexibility index (Phi) is 8.99. The van der Waals surface area contributed by atoms with E-state index in [0.29, 0.717) is 56.2 Å². The largest absolute Gasteiger partial charge is 0.480 e. The van der Waals surface area contributed by atoms with E-state index in [9.17, 15) is 29.4 Å². The number of aliphatic carboxylic acids is 1. The fourth-order valence-electron chi connectivity index (χ4n) is 5.36. The Morgan fingerprint density at radius 2 is 1.77 bits per heavy atom. The van der Waals surface area contributed by atoms with E-state index >= 15 is 4.39 Å². The van der Waals surface area contributed by atoms with Crippen LogP contribution in [0, 0.1) is 5.82 Å². The van der Waals surface area contributed by atoms with Gasteiger partial charge in [0, 0.05) is 57.3 Å². The van der Waals surface area contributed by atoms with Crippen LogP contribution in [0.5, 0.6) is 0 Å². The van der Waals surface area contributed by atoms with E-state index in [4.69, 9.17) is 0 Å². The number of hydrogen-bond donors (Lipinski definition) is 3. The molecule has 1 amide bonds. The Morgan fingerprint density at radius 1 is 1.05 bits per heavy atom. The van der Waals surface area contributed by atoms with Gasteiger partial charge in [0.25, 0.3) is 0 Å². The van der Waals surface area contributed by atoms with Crippen LogP contribution >= 0.6 is 0 Å². The molecule has 14 heteroatoms. The molecule has 1 aliphatic rings. The smallest absolute Gasteiger partial charge is 0.341 e. The SMILES string of the molecule is CCn1cc(C(=O)O)c(=O)c2cc(F)c(N3CCN(Cc4cn(CC(=O)N[C@@H](Cc5ccccc5)C(=O)O)nn4)CC3)cc21. The van der Waals surface area contributed by atoms with Gasteiger partial charge in [0.2, 0.25) is 11.3 Å². The van der Waals surface area contributed by atoms with E-state index in [0.717, 1.165) is 11.6 Å². The van der Waals surface area contributed by atoms with Crippen LogP contribution in [0.1, 0.15) is 28.5 Å². The van der Waals surface area contributed by atoms with Gasteiger partial charge in [-0.05, 0) is 24.6 Å². The summed E-state index contributed by atoms with van der Waals surface area (Å²) in [6, 6.07) is 10.7. The molecule has 1 atom stereocenters. The summed E-state index contributed by atoms with van der Waals surface area (Å²) in [7, 11) is 0. The molecule has 230 valence electrons. The molecule has 0 bridgehead atoms. The minimum atomic E-state index is -1.35. The van der Waals surface area contributed by atoms with Gasteiger partial charge in [-0.3, -0.25) is 14.5 Å². The molecule has 3 heterocycles. The third kappa shape index (κ3) is 6.75. The number of benzene rings is 2. The van der Waals surface area contributed by atoms with Crippen LogP contribution < -0.4 is 15.6 Å². The third-order valence-electron chi connectivity index (χ3n) is 7.63. The highest BCUT2D eigenvalue weighted by molar-refractivity contribution is 5.93. The van der Waals surface area contributed by atoms with Crippen LogP contribution in [0.3, 0.4) is 0 Å². The van der Waals surface area contributed by atoms with Gasteiger partial charge in [0.15, 0.2) is 0 Å². The van der Waals surface area contributed by atoms with Crippen molar-refractivity contribution >= 4 is 34.4 Å². The van der Waals surface area contributed by atoms with Crippen molar-refractivity contribution in [3.05, 3.63) is 87.7 Å². The fourth-order valence-corrected chi connectivity index (χ4v) is 5.36. The minimum absolute atomic E-state index is 0.0260. The van der Waals surface area contributed by atoms with Crippen molar-refractivity contribution in [1.29, 1.82) is 0 Å². The number of piperazine rings is 1. The molecule has 0 aliphatic carbocycles. The Balaban J connectivity index is 1.18. The number of amides is 1. The first-order valence-corrected chi connectivity index (χ1v) is 14.1. The minimum Gasteiger partial charge on any atom is -0.480 e. The van der Waals surface area contributed by atoms with E-state index in [1.54, 1.807) is 41.1 Å². The lowest BCUT2D eigenvalue weighted by molar-refractivity contribution is -0.141. The second kappa shape index (κ2) is 13.0. The van der Waals surface area contributed by atoms with Gasteiger partial charge in [-0.25, -0.2) is 18.7 Å². The van der Waals surface area contributed by atoms with Crippen molar-refractivity contribution in [2.24, 2.45) is 0 Å². The molecule has 2 aromatic heterocycles. The summed E-state index contributed by atoms with van der Waals surface area (Å²) in [6.45, 7) is 4.67. The number of hydrogen-bond acceptors (Lipinski definition) is 8. The Hall–Kier alpha value is -5.11. The van der Waals surface area contributed by atoms with E-state index < -0.39 is 40.7 Å². The second-order valence-electron chi connectivity index (χ2n) is 10.6. The third-order valence-corrected chi connectivity index (χ3v) is 7.63. The number of carbonyl (C=O) groups is 3. The van der Waals surface area contributed by atoms with Gasteiger partial charge in [-0.1, -0.05) is 35.5 Å². The quantitative estimate of drug-likeness (QED) is 0.229. The van der Waals surface area contributed by atoms with Crippen molar-refractivity contribution in [2.45, 2.75) is 39.0 Å². The number of carboxylic acid groups (broad SMARTS) is 2. The summed E-state index contributed by atoms with van der Waals surface area (Å²) in [5, 5.41) is 29.6. The summed E-state index contributed by atoms with van der Waals surface area (Å²) >= 11 is 0. The summed E-state index contributed by atoms with van der Waals surface area (Å²) in [5.41, 5.74) is 1.12. The summed E-state index contributed by atoms with van der Waals surface area (Å²) < 4.78 is 18.2. The zero-order chi connectivity index (χ0) is 31.4. The molecule has 1 saturated heterocycles. The first kappa shape index (κ1) is 30.4. The van der Waals surface area contributed by atoms with Gasteiger partial charge in [-0.15, -0.1) is 5.10 Å². The van der Waals surface area contributed by atoms with Gasteiger partial charge in [0.1, 0.15) is 24.0 Å². The number of fused-ring (bicyclic) bond motifs is 1. The molecular formula is C30H32FN7O6. The highest BCUT2D eigenvalue weighted by Gasteiger charge is 2.24. The molecule has 0 spiro atoms. The molecular weight excluding hydrogens is 573 g/mol. The molecule has 13 nitrogen and oxygen atoms in total. The first-order chi connectivity index (χ1) is 21.1. The maximum Gasteiger partial charge on any atom is 0.341 e. The average Bonchev–Trinajstić information content (AvgIpc) is 3.44. The van der Waals surface area contributed by atoms with Crippen LogP contribution in [-0.2, 0) is 35.6 Å². The van der Waals surface area contributed by atoms with E-state index in [-0.39, 0.29) is 18.4 Å². The lowest BCUT2D eigenvalue weighted by Crippen LogP contribution is -2.46. The molecule has 3 N–H and O–H groups in total. The number of carboxylic acids is 2. The fraction of sp³-hybridized carbons (Fsp3) is 0.333. The Bertz CT molecular complexity index is 1750. The Morgan fingerprint density at radius 3 is 2.43 bits per heavy atom. The van der Waals surface area contributed by atoms with Crippen molar-refractivity contribution < 1.29 is 29.0 Å². The molecule has 0 radical (unpaired) electrons. The number of rotatable bonds is 11. The van der Waals surface area contributed by atoms with Crippen LogP contribution in [-0.4, -0.2) is 84.7 Å². The molecule has 5 rings (SSSR count). The van der Waals surface area contributed by atoms with Crippen molar-refractivity contribution in [2.75, 3.05) is 31.1 Å². The number of anilines is 1. The number of aryl methyl sites for hydroxylation is 1. The summed E-state index contributed by atoms with van der Waals surface area (Å²) in [4.78, 5) is 52.4. The standard InChI is InChI=1S/C30H32FN7O6/c1-2-36-17-22(29(41)42)28(40)21-13-23(31)26(14-25(21)36)37-10-8-35(9-11-37)15-20-16-38(34-33-20)18-27(39)32-24(30(43)44)12-19-6-4-3-5-7-19/h3-7,13-14,16-17,24H,2,8-12,15,18H2,1H3,(H,32,39)(H,41,42)(H,43,44)/t24-/m0/s1. The zero-order valence-corrected chi connectivity index (χ0v) is 24.0. The number of aromatic carboxylic acids is 1. The van der Waals surface area contributed by atoms with Gasteiger partial charge in [0.05, 0.1) is 23.1 Å². The van der Waals surface area contributed by atoms with Crippen molar-refractivity contribution in [3.8, 4) is 0 Å². The predicted octanol–water partition coefficient (Wildman–Crippen LogP) is 1.58. The maximum absolute atomic E-state index is 15.2. The second-order valence-corrected chi connectivity index (χ2v) is 10.6. The number of nitrogens with zero attached hydrogens (tertiary/aromatic N) is 6. The zero-order valence-electron chi connectivity index (χ0n) is 24.0. The molecule has 0 saturated carbocycles. The maximum atomic E-state index is 15.2. The predicted molar refractivity (Wildman–Crippen MR) is 158 cm³/mol. The van der Waals surface area contributed by atoms with E-state index in [1.165, 1.54) is 10.9 Å². The highest BCUT2D eigenvalue weighted by Crippen LogP contribution is 2.26. The normalized spacial score (nSPS) is 14.5. The first-order valence-electron chi connectivity index (χ1n) is 14.1. The van der Waals surface area contributed by atoms with Crippen LogP contribution in [0.4, 0.5) is 10.1 Å². The van der Waals surface area contributed by atoms with Crippen molar-refractivity contribution in [1.82, 2.24) is 29.8 Å². The monoisotopic (exact) mass is 605 g/mol. The van der Waals surface area contributed by atoms with E-state index in [2.05, 4.69) is 20.5 Å². The number of aromatic nitrogens is 4. The number of nitrogens with one attached hydrogen (secondary N) is 1. The molecule has 0 unspecified atom stereocenters. The lowest BCUT2D eigenvalue weighted by atomic mass is 10.1. The molecule has 1 fully saturated rings. The van der Waals surface area contributed by atoms with Crippen LogP contribution in [0.2, 0.25) is 0 Å². The average molecular weight is 606 g/mol. The number of carbonyl (C=O) groups excluding carboxylic acids is 1. The lowest BCUT2D eigenvalue weighted by Gasteiger charge is -2.36. The summed E-state index contributed by atoms with van der Waals surface area (Å²) in [5.74, 6) is -3.57. The molecule has 2 aromatic carbocycles. The van der Waals surface area contributed by atoms with Gasteiger partial charge >= 0.3 is 11.9 Å². The topological polar surface area (TPSA) is 163 Å². The Labute approximate surface area is 251 Å². The number of halogens is 1. The highest BCUT2D eigenvalue weighted by atomic mass is 19.1. The van der Waals surface area contributed by atoms with Crippen LogP contribution in [0.15, 0.2) is 59.7 Å². The molecule has 1 aliphatic heterocycles. The van der Waals surface area contributed by atoms with Crippen molar-refractivity contribution in [3.63, 3.8) is 0 Å².